The summed E-state index contributed by atoms with van der Waals surface area (Å²) in [4.78, 5) is 10.3. The summed E-state index contributed by atoms with van der Waals surface area (Å²) in [6, 6.07) is 5.03. The summed E-state index contributed by atoms with van der Waals surface area (Å²) >= 11 is 0. The van der Waals surface area contributed by atoms with Gasteiger partial charge in [-0.05, 0) is 12.1 Å². The summed E-state index contributed by atoms with van der Waals surface area (Å²) in [5.74, 6) is 1.37. The fourth-order valence-corrected chi connectivity index (χ4v) is 1.75. The van der Waals surface area contributed by atoms with Crippen molar-refractivity contribution in [2.45, 2.75) is 0 Å². The highest BCUT2D eigenvalue weighted by atomic mass is 19.2. The monoisotopic (exact) mass is 298 g/mol. The number of nitro benzene ring substituents is 1. The highest BCUT2D eigenvalue weighted by Crippen LogP contribution is 2.35. The summed E-state index contributed by atoms with van der Waals surface area (Å²) in [5.41, 5.74) is 0.863. The van der Waals surface area contributed by atoms with Gasteiger partial charge in [-0.1, -0.05) is 6.07 Å². The number of nitrogen functional groups attached to an aromatic ring is 1. The number of nitrogens with zero attached hydrogens (tertiary/aromatic N) is 1. The predicted octanol–water partition coefficient (Wildman–Crippen LogP) is 3.04. The van der Waals surface area contributed by atoms with Crippen LogP contribution in [0.2, 0.25) is 0 Å². The Kier molecular flexibility index (Phi) is 3.94. The summed E-state index contributed by atoms with van der Waals surface area (Å²) in [7, 11) is 0. The maximum atomic E-state index is 13.6. The van der Waals surface area contributed by atoms with Gasteiger partial charge in [0.1, 0.15) is 17.2 Å². The molecule has 0 amide bonds. The van der Waals surface area contributed by atoms with E-state index in [-0.39, 0.29) is 11.4 Å². The lowest BCUT2D eigenvalue weighted by Gasteiger charge is -2.11. The van der Waals surface area contributed by atoms with Crippen LogP contribution in [-0.4, -0.2) is 4.92 Å². The van der Waals surface area contributed by atoms with Crippen LogP contribution in [-0.2, 0) is 0 Å². The van der Waals surface area contributed by atoms with E-state index in [1.807, 2.05) is 0 Å². The molecule has 0 radical (unpaired) electrons. The third-order valence-corrected chi connectivity index (χ3v) is 2.64. The van der Waals surface area contributed by atoms with Gasteiger partial charge in [0, 0.05) is 12.1 Å². The molecule has 0 aliphatic carbocycles. The number of rotatable bonds is 4. The highest BCUT2D eigenvalue weighted by molar-refractivity contribution is 5.79. The topological polar surface area (TPSA) is 93.2 Å². The average molecular weight is 298 g/mol. The lowest BCUT2D eigenvalue weighted by Crippen LogP contribution is -2.10. The van der Waals surface area contributed by atoms with Crippen molar-refractivity contribution in [1.82, 2.24) is 0 Å². The van der Waals surface area contributed by atoms with E-state index >= 15 is 0 Å². The second-order valence-corrected chi connectivity index (χ2v) is 3.98. The van der Waals surface area contributed by atoms with Crippen LogP contribution in [0.5, 0.6) is 0 Å². The average Bonchev–Trinajstić information content (AvgIpc) is 2.43. The van der Waals surface area contributed by atoms with Crippen molar-refractivity contribution in [2.24, 2.45) is 5.84 Å². The van der Waals surface area contributed by atoms with Crippen molar-refractivity contribution >= 4 is 22.7 Å². The molecule has 0 unspecified atom stereocenters. The summed E-state index contributed by atoms with van der Waals surface area (Å²) in [6.07, 6.45) is 0. The second kappa shape index (κ2) is 5.67. The number of nitrogens with two attached hydrogens (primary N) is 1. The van der Waals surface area contributed by atoms with Gasteiger partial charge in [-0.15, -0.1) is 0 Å². The van der Waals surface area contributed by atoms with Crippen molar-refractivity contribution in [3.63, 3.8) is 0 Å². The van der Waals surface area contributed by atoms with Crippen LogP contribution in [0.1, 0.15) is 0 Å². The van der Waals surface area contributed by atoms with E-state index in [1.54, 1.807) is 0 Å². The fourth-order valence-electron chi connectivity index (χ4n) is 1.75. The standard InChI is InChI=1S/C12H9F3N4O2/c13-6-4-7(14)11(15)10(5-6)17-8-2-1-3-9(18-16)12(8)19(20)21/h1-5,17-18H,16H2. The molecule has 0 saturated carbocycles. The Morgan fingerprint density at radius 2 is 1.76 bits per heavy atom. The zero-order valence-electron chi connectivity index (χ0n) is 10.4. The minimum absolute atomic E-state index is 0.0396. The molecule has 0 aliphatic rings. The molecule has 21 heavy (non-hydrogen) atoms. The molecule has 2 rings (SSSR count). The van der Waals surface area contributed by atoms with Gasteiger partial charge >= 0.3 is 5.69 Å². The Morgan fingerprint density at radius 3 is 2.38 bits per heavy atom. The van der Waals surface area contributed by atoms with Crippen LogP contribution in [0.4, 0.5) is 35.9 Å². The van der Waals surface area contributed by atoms with Gasteiger partial charge in [-0.25, -0.2) is 13.2 Å². The van der Waals surface area contributed by atoms with E-state index in [4.69, 9.17) is 5.84 Å². The first-order chi connectivity index (χ1) is 9.93. The van der Waals surface area contributed by atoms with E-state index in [2.05, 4.69) is 10.7 Å². The quantitative estimate of drug-likeness (QED) is 0.349. The van der Waals surface area contributed by atoms with E-state index < -0.39 is 33.7 Å². The van der Waals surface area contributed by atoms with Gasteiger partial charge in [0.15, 0.2) is 11.6 Å². The van der Waals surface area contributed by atoms with Crippen LogP contribution in [0.15, 0.2) is 30.3 Å². The predicted molar refractivity (Wildman–Crippen MR) is 70.5 cm³/mol. The van der Waals surface area contributed by atoms with Crippen LogP contribution >= 0.6 is 0 Å². The number of benzene rings is 2. The lowest BCUT2D eigenvalue weighted by atomic mass is 10.2. The Labute approximate surface area is 116 Å². The largest absolute Gasteiger partial charge is 0.347 e. The first kappa shape index (κ1) is 14.6. The van der Waals surface area contributed by atoms with E-state index in [0.717, 1.165) is 0 Å². The van der Waals surface area contributed by atoms with Crippen LogP contribution in [0, 0.1) is 27.6 Å². The fraction of sp³-hybridized carbons (Fsp3) is 0. The SMILES string of the molecule is NNc1cccc(Nc2cc(F)cc(F)c2F)c1[N+](=O)[O-]. The molecule has 6 nitrogen and oxygen atoms in total. The molecule has 0 spiro atoms. The first-order valence-corrected chi connectivity index (χ1v) is 5.59. The highest BCUT2D eigenvalue weighted by Gasteiger charge is 2.21. The van der Waals surface area contributed by atoms with Gasteiger partial charge in [0.25, 0.3) is 0 Å². The molecule has 0 bridgehead atoms. The number of para-hydroxylation sites is 1. The number of halogens is 3. The Bertz CT molecular complexity index is 709. The molecule has 0 atom stereocenters. The maximum Gasteiger partial charge on any atom is 0.316 e. The number of hydrazine groups is 1. The van der Waals surface area contributed by atoms with Gasteiger partial charge < -0.3 is 10.7 Å². The van der Waals surface area contributed by atoms with Gasteiger partial charge in [-0.2, -0.15) is 0 Å². The van der Waals surface area contributed by atoms with Gasteiger partial charge in [0.2, 0.25) is 0 Å². The Morgan fingerprint density at radius 1 is 1.10 bits per heavy atom. The molecule has 2 aromatic rings. The molecule has 0 fully saturated rings. The molecular formula is C12H9F3N4O2. The van der Waals surface area contributed by atoms with Crippen molar-refractivity contribution in [1.29, 1.82) is 0 Å². The third kappa shape index (κ3) is 2.87. The van der Waals surface area contributed by atoms with E-state index in [9.17, 15) is 23.3 Å². The second-order valence-electron chi connectivity index (χ2n) is 3.98. The zero-order valence-corrected chi connectivity index (χ0v) is 10.4. The van der Waals surface area contributed by atoms with Crippen LogP contribution < -0.4 is 16.6 Å². The number of nitrogens with one attached hydrogen (secondary N) is 2. The molecular weight excluding hydrogens is 289 g/mol. The number of hydrogen-bond acceptors (Lipinski definition) is 5. The summed E-state index contributed by atoms with van der Waals surface area (Å²) < 4.78 is 39.8. The van der Waals surface area contributed by atoms with Gasteiger partial charge in [-0.3, -0.25) is 16.0 Å². The minimum atomic E-state index is -1.41. The molecule has 9 heteroatoms. The normalized spacial score (nSPS) is 10.3. The minimum Gasteiger partial charge on any atom is -0.347 e. The van der Waals surface area contributed by atoms with Crippen molar-refractivity contribution in [2.75, 3.05) is 10.7 Å². The molecule has 2 aromatic carbocycles. The number of hydrogen-bond donors (Lipinski definition) is 3. The van der Waals surface area contributed by atoms with Crippen molar-refractivity contribution < 1.29 is 18.1 Å². The zero-order chi connectivity index (χ0) is 15.6. The molecule has 0 aliphatic heterocycles. The first-order valence-electron chi connectivity index (χ1n) is 5.59. The molecule has 0 aromatic heterocycles. The van der Waals surface area contributed by atoms with E-state index in [1.165, 1.54) is 18.2 Å². The van der Waals surface area contributed by atoms with E-state index in [0.29, 0.717) is 12.1 Å². The van der Waals surface area contributed by atoms with Crippen LogP contribution in [0.3, 0.4) is 0 Å². The molecule has 110 valence electrons. The third-order valence-electron chi connectivity index (χ3n) is 2.64. The van der Waals surface area contributed by atoms with Crippen molar-refractivity contribution in [3.8, 4) is 0 Å². The summed E-state index contributed by atoms with van der Waals surface area (Å²) in [5, 5.41) is 13.3. The maximum absolute atomic E-state index is 13.6. The number of anilines is 3. The molecule has 4 N–H and O–H groups in total. The van der Waals surface area contributed by atoms with Crippen molar-refractivity contribution in [3.05, 3.63) is 57.9 Å². The Hall–Kier alpha value is -2.81. The number of nitro groups is 1. The molecule has 0 heterocycles. The lowest BCUT2D eigenvalue weighted by molar-refractivity contribution is -0.383. The van der Waals surface area contributed by atoms with Crippen LogP contribution in [0.25, 0.3) is 0 Å². The smallest absolute Gasteiger partial charge is 0.316 e. The molecule has 0 saturated heterocycles. The summed E-state index contributed by atoms with van der Waals surface area (Å²) in [6.45, 7) is 0. The Balaban J connectivity index is 2.52. The van der Waals surface area contributed by atoms with Gasteiger partial charge in [0.05, 0.1) is 10.6 Å².